The molecule has 4 rings (SSSR count). The lowest BCUT2D eigenvalue weighted by molar-refractivity contribution is -0.899. The fourth-order valence-corrected chi connectivity index (χ4v) is 5.56. The number of benzene rings is 3. The van der Waals surface area contributed by atoms with Crippen molar-refractivity contribution in [2.75, 3.05) is 18.0 Å². The van der Waals surface area contributed by atoms with Crippen LogP contribution in [-0.4, -0.2) is 46.7 Å². The molecule has 1 N–H and O–H groups in total. The molecule has 0 spiro atoms. The van der Waals surface area contributed by atoms with Crippen LogP contribution in [0.1, 0.15) is 50.5 Å². The highest BCUT2D eigenvalue weighted by atomic mass is 35.5. The van der Waals surface area contributed by atoms with E-state index in [1.54, 1.807) is 71.6 Å². The Balaban J connectivity index is 2.02. The minimum atomic E-state index is -1.50. The van der Waals surface area contributed by atoms with Gasteiger partial charge in [-0.1, -0.05) is 92.5 Å². The Morgan fingerprint density at radius 1 is 0.975 bits per heavy atom. The van der Waals surface area contributed by atoms with Crippen LogP contribution in [0.3, 0.4) is 0 Å². The van der Waals surface area contributed by atoms with Crippen molar-refractivity contribution in [3.05, 3.63) is 99.5 Å². The molecule has 1 aliphatic heterocycles. The van der Waals surface area contributed by atoms with E-state index in [1.807, 2.05) is 26.8 Å². The molecule has 1 unspecified atom stereocenters. The summed E-state index contributed by atoms with van der Waals surface area (Å²) in [4.78, 5) is 42.2. The second kappa shape index (κ2) is 11.7. The number of carbonyl (C=O) groups is 3. The number of rotatable bonds is 7. The van der Waals surface area contributed by atoms with Gasteiger partial charge < -0.3 is 14.7 Å². The van der Waals surface area contributed by atoms with Gasteiger partial charge in [0.25, 0.3) is 6.23 Å². The number of hydrogen-bond acceptors (Lipinski definition) is 4. The van der Waals surface area contributed by atoms with E-state index in [4.69, 9.17) is 27.9 Å². The lowest BCUT2D eigenvalue weighted by Gasteiger charge is -2.41. The maximum atomic E-state index is 14.6. The Hall–Kier alpha value is -3.23. The third-order valence-electron chi connectivity index (χ3n) is 6.93. The molecule has 40 heavy (non-hydrogen) atoms. The monoisotopic (exact) mass is 583 g/mol. The van der Waals surface area contributed by atoms with Crippen molar-refractivity contribution in [2.45, 2.75) is 46.6 Å². The van der Waals surface area contributed by atoms with Crippen LogP contribution in [0.4, 0.5) is 5.69 Å². The number of aliphatic carboxylic acids is 1. The molecule has 3 aromatic carbocycles. The number of nitrogens with zero attached hydrogens (tertiary/aromatic N) is 2. The zero-order valence-electron chi connectivity index (χ0n) is 22.9. The molecule has 0 aromatic heterocycles. The van der Waals surface area contributed by atoms with Crippen molar-refractivity contribution in [3.8, 4) is 0 Å². The average molecular weight is 585 g/mol. The minimum absolute atomic E-state index is 0.0609. The largest absolute Gasteiger partial charge is 0.477 e. The van der Waals surface area contributed by atoms with Crippen molar-refractivity contribution >= 4 is 46.7 Å². The first-order valence-electron chi connectivity index (χ1n) is 13.0. The molecule has 0 fully saturated rings. The minimum Gasteiger partial charge on any atom is -0.477 e. The smallest absolute Gasteiger partial charge is 0.359 e. The SMILES string of the molecule is CC(=O)[N+](CC(=O)O)(Cc1ccccc1)[C@@H]1O[C@@H](c2ccccc2Cl)c2cc(Cl)ccc2N(CC(C)(C)C)C1=O. The zero-order valence-corrected chi connectivity index (χ0v) is 24.4. The van der Waals surface area contributed by atoms with Gasteiger partial charge in [-0.2, -0.15) is 0 Å². The molecule has 0 saturated carbocycles. The molecule has 2 amide bonds. The first-order chi connectivity index (χ1) is 18.8. The lowest BCUT2D eigenvalue weighted by Crippen LogP contribution is -2.66. The summed E-state index contributed by atoms with van der Waals surface area (Å²) in [6.45, 7) is 6.86. The summed E-state index contributed by atoms with van der Waals surface area (Å²) in [6.07, 6.45) is -2.41. The number of quaternary nitrogens is 1. The van der Waals surface area contributed by atoms with Gasteiger partial charge in [0, 0.05) is 33.3 Å². The van der Waals surface area contributed by atoms with Crippen LogP contribution >= 0.6 is 23.2 Å². The summed E-state index contributed by atoms with van der Waals surface area (Å²) < 4.78 is 5.89. The first-order valence-corrected chi connectivity index (χ1v) is 13.7. The third kappa shape index (κ3) is 6.23. The Morgan fingerprint density at radius 3 is 2.23 bits per heavy atom. The van der Waals surface area contributed by atoms with Crippen LogP contribution in [0.5, 0.6) is 0 Å². The van der Waals surface area contributed by atoms with Gasteiger partial charge >= 0.3 is 17.8 Å². The lowest BCUT2D eigenvalue weighted by atomic mass is 9.94. The van der Waals surface area contributed by atoms with Gasteiger partial charge in [-0.3, -0.25) is 4.79 Å². The van der Waals surface area contributed by atoms with E-state index in [2.05, 4.69) is 0 Å². The van der Waals surface area contributed by atoms with Crippen LogP contribution in [-0.2, 0) is 25.7 Å². The van der Waals surface area contributed by atoms with Crippen LogP contribution in [0.2, 0.25) is 10.0 Å². The molecule has 9 heteroatoms. The Morgan fingerprint density at radius 2 is 1.62 bits per heavy atom. The number of fused-ring (bicyclic) bond motifs is 1. The van der Waals surface area contributed by atoms with Crippen molar-refractivity contribution in [2.24, 2.45) is 5.41 Å². The Kier molecular flexibility index (Phi) is 8.71. The van der Waals surface area contributed by atoms with Gasteiger partial charge in [-0.15, -0.1) is 0 Å². The molecule has 3 atom stereocenters. The fourth-order valence-electron chi connectivity index (χ4n) is 5.15. The van der Waals surface area contributed by atoms with E-state index in [9.17, 15) is 19.5 Å². The van der Waals surface area contributed by atoms with E-state index in [1.165, 1.54) is 6.92 Å². The number of carboxylic acid groups (broad SMARTS) is 1. The quantitative estimate of drug-likeness (QED) is 0.322. The standard InChI is InChI=1S/C31H32Cl2N2O5/c1-20(36)35(18-27(37)38,17-21-10-6-5-7-11-21)30-29(39)34(19-31(2,3)4)26-15-14-22(32)16-24(26)28(40-30)23-12-8-9-13-25(23)33/h5-16,28,30H,17-19H2,1-4H3/p+1/t28-,30+,35?/m0/s1. The van der Waals surface area contributed by atoms with Crippen molar-refractivity contribution in [1.29, 1.82) is 0 Å². The molecular weight excluding hydrogens is 551 g/mol. The van der Waals surface area contributed by atoms with Crippen LogP contribution in [0, 0.1) is 5.41 Å². The number of anilines is 1. The number of carbonyl (C=O) groups excluding carboxylic acids is 2. The molecule has 1 heterocycles. The molecule has 0 saturated heterocycles. The number of amides is 2. The van der Waals surface area contributed by atoms with Crippen molar-refractivity contribution in [3.63, 3.8) is 0 Å². The number of ether oxygens (including phenoxy) is 1. The van der Waals surface area contributed by atoms with E-state index < -0.39 is 41.1 Å². The second-order valence-corrected chi connectivity index (χ2v) is 12.2. The summed E-state index contributed by atoms with van der Waals surface area (Å²) in [5.74, 6) is -2.26. The van der Waals surface area contributed by atoms with Gasteiger partial charge in [-0.05, 0) is 29.7 Å². The predicted molar refractivity (Wildman–Crippen MR) is 155 cm³/mol. The average Bonchev–Trinajstić information content (AvgIpc) is 2.98. The van der Waals surface area contributed by atoms with Gasteiger partial charge in [-0.25, -0.2) is 14.1 Å². The maximum absolute atomic E-state index is 14.6. The first kappa shape index (κ1) is 29.7. The van der Waals surface area contributed by atoms with E-state index in [0.717, 1.165) is 0 Å². The molecule has 0 radical (unpaired) electrons. The summed E-state index contributed by atoms with van der Waals surface area (Å²) in [5.41, 5.74) is 2.07. The highest BCUT2D eigenvalue weighted by molar-refractivity contribution is 6.31. The topological polar surface area (TPSA) is 83.9 Å². The number of carboxylic acids is 1. The predicted octanol–water partition coefficient (Wildman–Crippen LogP) is 6.47. The number of hydrogen-bond donors (Lipinski definition) is 1. The highest BCUT2D eigenvalue weighted by Crippen LogP contribution is 2.44. The van der Waals surface area contributed by atoms with Crippen LogP contribution in [0.25, 0.3) is 0 Å². The molecule has 1 aliphatic rings. The zero-order chi connectivity index (χ0) is 29.2. The molecule has 0 bridgehead atoms. The van der Waals surface area contributed by atoms with Gasteiger partial charge in [0.05, 0.1) is 12.6 Å². The highest BCUT2D eigenvalue weighted by Gasteiger charge is 2.54. The van der Waals surface area contributed by atoms with Crippen LogP contribution < -0.4 is 4.90 Å². The Bertz CT molecular complexity index is 1420. The van der Waals surface area contributed by atoms with Gasteiger partial charge in [0.1, 0.15) is 12.6 Å². The van der Waals surface area contributed by atoms with E-state index in [0.29, 0.717) is 32.4 Å². The summed E-state index contributed by atoms with van der Waals surface area (Å²) >= 11 is 13.1. The van der Waals surface area contributed by atoms with Crippen LogP contribution in [0.15, 0.2) is 72.8 Å². The Labute approximate surface area is 244 Å². The van der Waals surface area contributed by atoms with Crippen molar-refractivity contribution < 1.29 is 28.7 Å². The van der Waals surface area contributed by atoms with E-state index in [-0.39, 0.29) is 18.5 Å². The molecule has 210 valence electrons. The maximum Gasteiger partial charge on any atom is 0.359 e. The summed E-state index contributed by atoms with van der Waals surface area (Å²) in [6, 6.07) is 21.3. The van der Waals surface area contributed by atoms with Gasteiger partial charge in [0.15, 0.2) is 6.54 Å². The summed E-state index contributed by atoms with van der Waals surface area (Å²) in [5, 5.41) is 10.9. The van der Waals surface area contributed by atoms with Crippen molar-refractivity contribution in [1.82, 2.24) is 0 Å². The normalized spacial score (nSPS) is 18.9. The molecule has 7 nitrogen and oxygen atoms in total. The van der Waals surface area contributed by atoms with Gasteiger partial charge in [0.2, 0.25) is 0 Å². The molecule has 3 aromatic rings. The number of halogens is 2. The molecular formula is C31H33Cl2N2O5+. The van der Waals surface area contributed by atoms with E-state index >= 15 is 0 Å². The second-order valence-electron chi connectivity index (χ2n) is 11.3. The molecule has 0 aliphatic carbocycles. The summed E-state index contributed by atoms with van der Waals surface area (Å²) in [7, 11) is 0. The third-order valence-corrected chi connectivity index (χ3v) is 7.51. The fraction of sp³-hybridized carbons (Fsp3) is 0.323.